The summed E-state index contributed by atoms with van der Waals surface area (Å²) in [5.74, 6) is -0.0828. The summed E-state index contributed by atoms with van der Waals surface area (Å²) >= 11 is 3.40. The maximum atomic E-state index is 12.8. The van der Waals surface area contributed by atoms with Gasteiger partial charge in [-0.2, -0.15) is 5.10 Å². The molecule has 1 aromatic carbocycles. The molecule has 0 radical (unpaired) electrons. The van der Waals surface area contributed by atoms with Crippen molar-refractivity contribution in [2.45, 2.75) is 19.9 Å². The van der Waals surface area contributed by atoms with Crippen LogP contribution in [0.3, 0.4) is 0 Å². The van der Waals surface area contributed by atoms with Crippen LogP contribution in [-0.4, -0.2) is 25.5 Å². The fraction of sp³-hybridized carbons (Fsp3) is 0.200. The molecule has 2 heterocycles. The minimum Gasteiger partial charge on any atom is -0.287 e. The van der Waals surface area contributed by atoms with Crippen molar-refractivity contribution in [2.75, 3.05) is 0 Å². The van der Waals surface area contributed by atoms with Gasteiger partial charge in [-0.05, 0) is 48.0 Å². The minimum atomic E-state index is -0.0828. The molecular formula is C15H13BrN4O. The van der Waals surface area contributed by atoms with Crippen molar-refractivity contribution in [3.05, 3.63) is 52.5 Å². The van der Waals surface area contributed by atoms with Crippen LogP contribution in [-0.2, 0) is 0 Å². The van der Waals surface area contributed by atoms with Crippen molar-refractivity contribution in [1.29, 1.82) is 0 Å². The van der Waals surface area contributed by atoms with E-state index in [0.717, 1.165) is 5.52 Å². The second-order valence-corrected chi connectivity index (χ2v) is 5.82. The van der Waals surface area contributed by atoms with Crippen LogP contribution in [0.4, 0.5) is 0 Å². The maximum absolute atomic E-state index is 12.8. The molecule has 0 aliphatic heterocycles. The molecule has 0 aliphatic rings. The average Bonchev–Trinajstić information content (AvgIpc) is 2.88. The molecule has 0 aliphatic carbocycles. The number of fused-ring (bicyclic) bond motifs is 1. The monoisotopic (exact) mass is 344 g/mol. The van der Waals surface area contributed by atoms with Gasteiger partial charge < -0.3 is 0 Å². The fourth-order valence-corrected chi connectivity index (χ4v) is 2.64. The molecule has 0 N–H and O–H groups in total. The number of rotatable bonds is 3. The Morgan fingerprint density at radius 2 is 1.90 bits per heavy atom. The van der Waals surface area contributed by atoms with Gasteiger partial charge in [0.25, 0.3) is 0 Å². The Labute approximate surface area is 130 Å². The lowest BCUT2D eigenvalue weighted by Crippen LogP contribution is -2.14. The zero-order valence-corrected chi connectivity index (χ0v) is 13.2. The molecule has 0 amide bonds. The molecule has 21 heavy (non-hydrogen) atoms. The standard InChI is InChI=1S/C15H13BrN4O/c1-9(2)20-14(11(16)8-19-20)15(21)10-3-4-12-13(7-10)18-6-5-17-12/h3-9H,1-2H3. The normalized spacial score (nSPS) is 11.2. The van der Waals surface area contributed by atoms with E-state index in [1.54, 1.807) is 41.5 Å². The van der Waals surface area contributed by atoms with E-state index < -0.39 is 0 Å². The number of halogens is 1. The van der Waals surface area contributed by atoms with Crippen molar-refractivity contribution in [2.24, 2.45) is 0 Å². The molecule has 0 saturated carbocycles. The highest BCUT2D eigenvalue weighted by Crippen LogP contribution is 2.23. The van der Waals surface area contributed by atoms with Crippen LogP contribution in [0.1, 0.15) is 35.9 Å². The zero-order chi connectivity index (χ0) is 15.0. The molecule has 2 aromatic heterocycles. The van der Waals surface area contributed by atoms with Gasteiger partial charge in [0.05, 0.1) is 21.7 Å². The van der Waals surface area contributed by atoms with E-state index in [1.165, 1.54) is 0 Å². The molecule has 5 nitrogen and oxygen atoms in total. The molecule has 6 heteroatoms. The second-order valence-electron chi connectivity index (χ2n) is 4.97. The Kier molecular flexibility index (Phi) is 3.55. The van der Waals surface area contributed by atoms with E-state index in [1.807, 2.05) is 13.8 Å². The summed E-state index contributed by atoms with van der Waals surface area (Å²) in [6.07, 6.45) is 4.90. The summed E-state index contributed by atoms with van der Waals surface area (Å²) in [5, 5.41) is 4.25. The highest BCUT2D eigenvalue weighted by atomic mass is 79.9. The van der Waals surface area contributed by atoms with Crippen LogP contribution in [0.2, 0.25) is 0 Å². The second kappa shape index (κ2) is 5.37. The van der Waals surface area contributed by atoms with Gasteiger partial charge in [0.1, 0.15) is 5.69 Å². The number of nitrogens with zero attached hydrogens (tertiary/aromatic N) is 4. The van der Waals surface area contributed by atoms with Gasteiger partial charge in [-0.25, -0.2) is 0 Å². The number of benzene rings is 1. The SMILES string of the molecule is CC(C)n1ncc(Br)c1C(=O)c1ccc2nccnc2c1. The third-order valence-electron chi connectivity index (χ3n) is 3.19. The Morgan fingerprint density at radius 3 is 2.62 bits per heavy atom. The Morgan fingerprint density at radius 1 is 1.19 bits per heavy atom. The molecule has 3 rings (SSSR count). The molecule has 0 fully saturated rings. The smallest absolute Gasteiger partial charge is 0.212 e. The Hall–Kier alpha value is -2.08. The van der Waals surface area contributed by atoms with Gasteiger partial charge in [-0.3, -0.25) is 19.4 Å². The molecular weight excluding hydrogens is 332 g/mol. The Bertz CT molecular complexity index is 825. The summed E-state index contributed by atoms with van der Waals surface area (Å²) in [6, 6.07) is 5.44. The molecule has 106 valence electrons. The van der Waals surface area contributed by atoms with Gasteiger partial charge in [-0.1, -0.05) is 0 Å². The molecule has 0 bridgehead atoms. The third-order valence-corrected chi connectivity index (χ3v) is 3.77. The third kappa shape index (κ3) is 2.47. The highest BCUT2D eigenvalue weighted by Gasteiger charge is 2.20. The lowest BCUT2D eigenvalue weighted by Gasteiger charge is -2.10. The van der Waals surface area contributed by atoms with E-state index in [2.05, 4.69) is 31.0 Å². The first-order valence-electron chi connectivity index (χ1n) is 6.56. The van der Waals surface area contributed by atoms with Gasteiger partial charge >= 0.3 is 0 Å². The van der Waals surface area contributed by atoms with Crippen molar-refractivity contribution in [3.63, 3.8) is 0 Å². The van der Waals surface area contributed by atoms with E-state index >= 15 is 0 Å². The lowest BCUT2D eigenvalue weighted by atomic mass is 10.1. The molecule has 0 unspecified atom stereocenters. The summed E-state index contributed by atoms with van der Waals surface area (Å²) in [5.41, 5.74) is 2.60. The van der Waals surface area contributed by atoms with E-state index in [0.29, 0.717) is 21.2 Å². The van der Waals surface area contributed by atoms with Crippen molar-refractivity contribution in [3.8, 4) is 0 Å². The van der Waals surface area contributed by atoms with E-state index in [9.17, 15) is 4.79 Å². The molecule has 3 aromatic rings. The summed E-state index contributed by atoms with van der Waals surface area (Å²) in [4.78, 5) is 21.2. The minimum absolute atomic E-state index is 0.0828. The predicted molar refractivity (Wildman–Crippen MR) is 83.3 cm³/mol. The van der Waals surface area contributed by atoms with Gasteiger partial charge in [0, 0.05) is 24.0 Å². The first-order valence-corrected chi connectivity index (χ1v) is 7.35. The van der Waals surface area contributed by atoms with Crippen LogP contribution in [0.25, 0.3) is 11.0 Å². The van der Waals surface area contributed by atoms with Crippen LogP contribution in [0.15, 0.2) is 41.3 Å². The average molecular weight is 345 g/mol. The molecule has 0 atom stereocenters. The van der Waals surface area contributed by atoms with Gasteiger partial charge in [0.2, 0.25) is 5.78 Å². The first-order chi connectivity index (χ1) is 10.1. The largest absolute Gasteiger partial charge is 0.287 e. The number of hydrogen-bond donors (Lipinski definition) is 0. The summed E-state index contributed by atoms with van der Waals surface area (Å²) in [7, 11) is 0. The van der Waals surface area contributed by atoms with E-state index in [-0.39, 0.29) is 11.8 Å². The first kappa shape index (κ1) is 13.9. The molecule has 0 saturated heterocycles. The lowest BCUT2D eigenvalue weighted by molar-refractivity contribution is 0.102. The van der Waals surface area contributed by atoms with E-state index in [4.69, 9.17) is 0 Å². The quantitative estimate of drug-likeness (QED) is 0.683. The fourth-order valence-electron chi connectivity index (χ4n) is 2.19. The number of ketones is 1. The van der Waals surface area contributed by atoms with Crippen LogP contribution >= 0.6 is 15.9 Å². The van der Waals surface area contributed by atoms with Crippen molar-refractivity contribution in [1.82, 2.24) is 19.7 Å². The predicted octanol–water partition coefficient (Wildman–Crippen LogP) is 3.40. The summed E-state index contributed by atoms with van der Waals surface area (Å²) < 4.78 is 2.41. The summed E-state index contributed by atoms with van der Waals surface area (Å²) in [6.45, 7) is 3.98. The van der Waals surface area contributed by atoms with Crippen LogP contribution < -0.4 is 0 Å². The Balaban J connectivity index is 2.10. The topological polar surface area (TPSA) is 60.7 Å². The molecule has 0 spiro atoms. The van der Waals surface area contributed by atoms with Crippen LogP contribution in [0.5, 0.6) is 0 Å². The van der Waals surface area contributed by atoms with Crippen molar-refractivity contribution < 1.29 is 4.79 Å². The van der Waals surface area contributed by atoms with Gasteiger partial charge in [-0.15, -0.1) is 0 Å². The number of carbonyl (C=O) groups is 1. The zero-order valence-electron chi connectivity index (χ0n) is 11.6. The number of hydrogen-bond acceptors (Lipinski definition) is 4. The van der Waals surface area contributed by atoms with Gasteiger partial charge in [0.15, 0.2) is 0 Å². The maximum Gasteiger partial charge on any atom is 0.212 e. The number of carbonyl (C=O) groups excluding carboxylic acids is 1. The highest BCUT2D eigenvalue weighted by molar-refractivity contribution is 9.10. The number of aromatic nitrogens is 4. The van der Waals surface area contributed by atoms with Crippen molar-refractivity contribution >= 4 is 32.7 Å². The van der Waals surface area contributed by atoms with Crippen LogP contribution in [0, 0.1) is 0 Å².